The van der Waals surface area contributed by atoms with Crippen LogP contribution in [0.2, 0.25) is 0 Å². The number of allylic oxidation sites excluding steroid dienone is 2. The average molecular weight is 285 g/mol. The first kappa shape index (κ1) is 15.5. The molecule has 0 atom stereocenters. The summed E-state index contributed by atoms with van der Waals surface area (Å²) < 4.78 is 27.5. The summed E-state index contributed by atoms with van der Waals surface area (Å²) in [4.78, 5) is 11.5. The van der Waals surface area contributed by atoms with E-state index in [1.807, 2.05) is 0 Å². The zero-order valence-electron chi connectivity index (χ0n) is 10.8. The Kier molecular flexibility index (Phi) is 5.82. The number of hydrogen-bond acceptors (Lipinski definition) is 4. The van der Waals surface area contributed by atoms with E-state index in [4.69, 9.17) is 4.74 Å². The van der Waals surface area contributed by atoms with Crippen LogP contribution in [0.1, 0.15) is 12.8 Å². The smallest absolute Gasteiger partial charge is 0.407 e. The second-order valence-electron chi connectivity index (χ2n) is 4.33. The molecule has 0 aromatic carbocycles. The van der Waals surface area contributed by atoms with E-state index in [0.717, 1.165) is 5.57 Å². The summed E-state index contributed by atoms with van der Waals surface area (Å²) in [6.07, 6.45) is 5.21. The van der Waals surface area contributed by atoms with Crippen LogP contribution in [0.5, 0.6) is 0 Å². The fourth-order valence-corrected chi connectivity index (χ4v) is 3.21. The molecule has 0 unspecified atom stereocenters. The highest BCUT2D eigenvalue weighted by Gasteiger charge is 2.24. The molecule has 0 aromatic rings. The minimum atomic E-state index is -2.91. The van der Waals surface area contributed by atoms with Gasteiger partial charge in [0.2, 0.25) is 0 Å². The van der Waals surface area contributed by atoms with Gasteiger partial charge in [-0.15, -0.1) is 0 Å². The summed E-state index contributed by atoms with van der Waals surface area (Å²) in [5, 5.41) is 2.67. The van der Waals surface area contributed by atoms with Gasteiger partial charge in [0.25, 0.3) is 0 Å². The monoisotopic (exact) mass is 285 g/mol. The van der Waals surface area contributed by atoms with E-state index in [2.05, 4.69) is 18.5 Å². The van der Waals surface area contributed by atoms with Crippen molar-refractivity contribution < 1.29 is 17.9 Å². The fraction of sp³-hybridized carbons (Fsp3) is 0.462. The first-order chi connectivity index (χ1) is 8.96. The predicted molar refractivity (Wildman–Crippen MR) is 74.6 cm³/mol. The van der Waals surface area contributed by atoms with Crippen LogP contribution in [0.4, 0.5) is 4.79 Å². The maximum atomic E-state index is 11.5. The molecule has 0 spiro atoms. The van der Waals surface area contributed by atoms with Crippen molar-refractivity contribution in [2.45, 2.75) is 18.9 Å². The van der Waals surface area contributed by atoms with Crippen LogP contribution in [0.15, 0.2) is 37.0 Å². The van der Waals surface area contributed by atoms with E-state index >= 15 is 0 Å². The third kappa shape index (κ3) is 5.74. The molecule has 1 N–H and O–H groups in total. The summed E-state index contributed by atoms with van der Waals surface area (Å²) >= 11 is 0. The van der Waals surface area contributed by atoms with Crippen LogP contribution >= 0.6 is 0 Å². The van der Waals surface area contributed by atoms with Gasteiger partial charge in [-0.05, 0) is 18.4 Å². The SMILES string of the molecule is C=C/C=C(\C=C)COC(=O)NC1CCS(=O)(=O)CC1. The topological polar surface area (TPSA) is 72.5 Å². The van der Waals surface area contributed by atoms with Gasteiger partial charge in [0, 0.05) is 6.04 Å². The molecule has 19 heavy (non-hydrogen) atoms. The lowest BCUT2D eigenvalue weighted by Gasteiger charge is -2.22. The lowest BCUT2D eigenvalue weighted by atomic mass is 10.2. The highest BCUT2D eigenvalue weighted by atomic mass is 32.2. The summed E-state index contributed by atoms with van der Waals surface area (Å²) in [6, 6.07) is -0.133. The van der Waals surface area contributed by atoms with Crippen molar-refractivity contribution in [3.05, 3.63) is 37.0 Å². The summed E-state index contributed by atoms with van der Waals surface area (Å²) in [5.74, 6) is 0.235. The lowest BCUT2D eigenvalue weighted by molar-refractivity contribution is 0.151. The maximum absolute atomic E-state index is 11.5. The van der Waals surface area contributed by atoms with Crippen LogP contribution in [0.25, 0.3) is 0 Å². The Hall–Kier alpha value is -1.56. The van der Waals surface area contributed by atoms with E-state index in [9.17, 15) is 13.2 Å². The summed E-state index contributed by atoms with van der Waals surface area (Å²) in [5.41, 5.74) is 0.747. The van der Waals surface area contributed by atoms with Gasteiger partial charge in [-0.1, -0.05) is 31.4 Å². The molecule has 0 saturated carbocycles. The van der Waals surface area contributed by atoms with Crippen LogP contribution in [-0.4, -0.2) is 38.7 Å². The van der Waals surface area contributed by atoms with Crippen molar-refractivity contribution in [2.75, 3.05) is 18.1 Å². The van der Waals surface area contributed by atoms with Crippen LogP contribution in [-0.2, 0) is 14.6 Å². The van der Waals surface area contributed by atoms with Crippen molar-refractivity contribution in [1.82, 2.24) is 5.32 Å². The minimum Gasteiger partial charge on any atom is -0.445 e. The summed E-state index contributed by atoms with van der Waals surface area (Å²) in [7, 11) is -2.91. The fourth-order valence-electron chi connectivity index (χ4n) is 1.72. The molecule has 1 saturated heterocycles. The second-order valence-corrected chi connectivity index (χ2v) is 6.63. The number of alkyl carbamates (subject to hydrolysis) is 1. The lowest BCUT2D eigenvalue weighted by Crippen LogP contribution is -2.41. The molecular weight excluding hydrogens is 266 g/mol. The van der Waals surface area contributed by atoms with Gasteiger partial charge in [-0.25, -0.2) is 13.2 Å². The predicted octanol–water partition coefficient (Wildman–Crippen LogP) is 1.59. The number of rotatable bonds is 5. The minimum absolute atomic E-state index is 0.117. The highest BCUT2D eigenvalue weighted by molar-refractivity contribution is 7.91. The average Bonchev–Trinajstić information content (AvgIpc) is 2.37. The van der Waals surface area contributed by atoms with Gasteiger partial charge in [0.1, 0.15) is 16.4 Å². The molecule has 0 aliphatic carbocycles. The molecule has 106 valence electrons. The number of carbonyl (C=O) groups is 1. The van der Waals surface area contributed by atoms with Gasteiger partial charge in [-0.3, -0.25) is 0 Å². The molecule has 1 rings (SSSR count). The number of carbonyl (C=O) groups excluding carboxylic acids is 1. The Morgan fingerprint density at radius 3 is 2.47 bits per heavy atom. The second kappa shape index (κ2) is 7.13. The van der Waals surface area contributed by atoms with Crippen molar-refractivity contribution in [3.63, 3.8) is 0 Å². The number of sulfone groups is 1. The zero-order chi connectivity index (χ0) is 14.3. The van der Waals surface area contributed by atoms with E-state index in [1.165, 1.54) is 0 Å². The maximum Gasteiger partial charge on any atom is 0.407 e. The van der Waals surface area contributed by atoms with Crippen LogP contribution in [0, 0.1) is 0 Å². The van der Waals surface area contributed by atoms with Gasteiger partial charge in [-0.2, -0.15) is 0 Å². The Bertz CT molecular complexity index is 465. The third-order valence-corrected chi connectivity index (χ3v) is 4.56. The normalized spacial score (nSPS) is 19.5. The zero-order valence-corrected chi connectivity index (χ0v) is 11.6. The number of nitrogens with one attached hydrogen (secondary N) is 1. The van der Waals surface area contributed by atoms with Crippen molar-refractivity contribution in [3.8, 4) is 0 Å². The van der Waals surface area contributed by atoms with E-state index in [1.54, 1.807) is 18.2 Å². The molecule has 1 aliphatic rings. The highest BCUT2D eigenvalue weighted by Crippen LogP contribution is 2.12. The largest absolute Gasteiger partial charge is 0.445 e. The number of amides is 1. The van der Waals surface area contributed by atoms with Crippen LogP contribution < -0.4 is 5.32 Å². The quantitative estimate of drug-likeness (QED) is 0.779. The molecule has 1 fully saturated rings. The first-order valence-electron chi connectivity index (χ1n) is 6.04. The number of ether oxygens (including phenoxy) is 1. The van der Waals surface area contributed by atoms with E-state index in [-0.39, 0.29) is 24.2 Å². The first-order valence-corrected chi connectivity index (χ1v) is 7.86. The molecule has 1 amide bonds. The molecule has 0 aromatic heterocycles. The Balaban J connectivity index is 2.34. The summed E-state index contributed by atoms with van der Waals surface area (Å²) in [6.45, 7) is 7.26. The van der Waals surface area contributed by atoms with Crippen molar-refractivity contribution in [1.29, 1.82) is 0 Å². The molecule has 5 nitrogen and oxygen atoms in total. The van der Waals surface area contributed by atoms with E-state index < -0.39 is 15.9 Å². The Morgan fingerprint density at radius 1 is 1.32 bits per heavy atom. The van der Waals surface area contributed by atoms with Gasteiger partial charge < -0.3 is 10.1 Å². The molecular formula is C13H19NO4S. The Morgan fingerprint density at radius 2 is 1.95 bits per heavy atom. The standard InChI is InChI=1S/C13H19NO4S/c1-3-5-11(4-2)10-18-13(15)14-12-6-8-19(16,17)9-7-12/h3-5,12H,1-2,6-10H2,(H,14,15)/b11-5+. The third-order valence-electron chi connectivity index (χ3n) is 2.84. The van der Waals surface area contributed by atoms with Gasteiger partial charge in [0.15, 0.2) is 0 Å². The Labute approximate surface area is 113 Å². The molecule has 1 aliphatic heterocycles. The molecule has 0 bridgehead atoms. The van der Waals surface area contributed by atoms with E-state index in [0.29, 0.717) is 12.8 Å². The molecule has 6 heteroatoms. The van der Waals surface area contributed by atoms with Crippen LogP contribution in [0.3, 0.4) is 0 Å². The van der Waals surface area contributed by atoms with Crippen molar-refractivity contribution >= 4 is 15.9 Å². The van der Waals surface area contributed by atoms with Gasteiger partial charge >= 0.3 is 6.09 Å². The number of hydrogen-bond donors (Lipinski definition) is 1. The van der Waals surface area contributed by atoms with Gasteiger partial charge in [0.05, 0.1) is 11.5 Å². The molecule has 1 heterocycles. The molecule has 0 radical (unpaired) electrons. The van der Waals surface area contributed by atoms with Crippen molar-refractivity contribution in [2.24, 2.45) is 0 Å².